The van der Waals surface area contributed by atoms with Gasteiger partial charge in [-0.3, -0.25) is 4.98 Å². The summed E-state index contributed by atoms with van der Waals surface area (Å²) < 4.78 is 0. The van der Waals surface area contributed by atoms with E-state index in [1.54, 1.807) is 12.3 Å². The lowest BCUT2D eigenvalue weighted by atomic mass is 10.0. The zero-order valence-electron chi connectivity index (χ0n) is 7.48. The maximum Gasteiger partial charge on any atom is 0.138 e. The molecule has 1 fully saturated rings. The quantitative estimate of drug-likeness (QED) is 0.738. The van der Waals surface area contributed by atoms with E-state index in [1.807, 2.05) is 0 Å². The van der Waals surface area contributed by atoms with Crippen molar-refractivity contribution < 1.29 is 5.11 Å². The van der Waals surface area contributed by atoms with Crippen molar-refractivity contribution >= 4 is 0 Å². The van der Waals surface area contributed by atoms with E-state index in [9.17, 15) is 5.11 Å². The van der Waals surface area contributed by atoms with Gasteiger partial charge >= 0.3 is 0 Å². The van der Waals surface area contributed by atoms with Gasteiger partial charge in [-0.1, -0.05) is 12.8 Å². The Morgan fingerprint density at radius 2 is 2.38 bits per heavy atom. The average Bonchev–Trinajstić information content (AvgIpc) is 2.89. The number of hydrogen-bond donors (Lipinski definition) is 2. The van der Waals surface area contributed by atoms with Gasteiger partial charge in [0, 0.05) is 17.8 Å². The van der Waals surface area contributed by atoms with Crippen molar-refractivity contribution in [1.29, 1.82) is 0 Å². The number of nitrogens with zero attached hydrogens (tertiary/aromatic N) is 1. The van der Waals surface area contributed by atoms with Crippen molar-refractivity contribution in [3.8, 4) is 5.75 Å². The van der Waals surface area contributed by atoms with E-state index in [0.29, 0.717) is 0 Å². The molecule has 0 aliphatic heterocycles. The summed E-state index contributed by atoms with van der Waals surface area (Å²) in [5, 5.41) is 9.47. The molecule has 1 heterocycles. The van der Waals surface area contributed by atoms with Gasteiger partial charge in [0.05, 0.1) is 6.20 Å². The molecule has 0 aromatic carbocycles. The molecule has 0 amide bonds. The van der Waals surface area contributed by atoms with Crippen molar-refractivity contribution in [2.45, 2.75) is 25.3 Å². The fourth-order valence-corrected chi connectivity index (χ4v) is 1.55. The minimum Gasteiger partial charge on any atom is -0.506 e. The summed E-state index contributed by atoms with van der Waals surface area (Å²) in [6.45, 7) is 0. The molecule has 0 bridgehead atoms. The predicted molar refractivity (Wildman–Crippen MR) is 50.2 cm³/mol. The van der Waals surface area contributed by atoms with Gasteiger partial charge in [-0.15, -0.1) is 0 Å². The Labute approximate surface area is 77.6 Å². The van der Waals surface area contributed by atoms with Crippen molar-refractivity contribution in [3.05, 3.63) is 24.0 Å². The second kappa shape index (κ2) is 3.34. The molecule has 13 heavy (non-hydrogen) atoms. The fourth-order valence-electron chi connectivity index (χ4n) is 1.55. The maximum absolute atomic E-state index is 9.47. The summed E-state index contributed by atoms with van der Waals surface area (Å²) in [6.07, 6.45) is 6.68. The molecular weight excluding hydrogens is 164 g/mol. The fraction of sp³-hybridized carbons (Fsp3) is 0.500. The van der Waals surface area contributed by atoms with Gasteiger partial charge in [0.15, 0.2) is 0 Å². The smallest absolute Gasteiger partial charge is 0.138 e. The average molecular weight is 178 g/mol. The molecule has 3 N–H and O–H groups in total. The highest BCUT2D eigenvalue weighted by molar-refractivity contribution is 5.31. The second-order valence-electron chi connectivity index (χ2n) is 3.72. The highest BCUT2D eigenvalue weighted by Gasteiger charge is 2.25. The molecule has 1 aromatic rings. The van der Waals surface area contributed by atoms with Crippen LogP contribution in [0.2, 0.25) is 0 Å². The molecule has 2 rings (SSSR count). The first-order chi connectivity index (χ1) is 6.27. The van der Waals surface area contributed by atoms with Crippen LogP contribution in [0.1, 0.15) is 30.9 Å². The molecule has 1 aliphatic carbocycles. The highest BCUT2D eigenvalue weighted by atomic mass is 16.3. The maximum atomic E-state index is 9.47. The Bertz CT molecular complexity index is 297. The molecule has 1 aromatic heterocycles. The van der Waals surface area contributed by atoms with Crippen LogP contribution in [-0.2, 0) is 0 Å². The number of rotatable bonds is 3. The van der Waals surface area contributed by atoms with Crippen LogP contribution in [0.3, 0.4) is 0 Å². The Morgan fingerprint density at radius 1 is 1.62 bits per heavy atom. The van der Waals surface area contributed by atoms with Crippen LogP contribution in [0.25, 0.3) is 0 Å². The molecule has 1 unspecified atom stereocenters. The highest BCUT2D eigenvalue weighted by Crippen LogP contribution is 2.38. The van der Waals surface area contributed by atoms with Gasteiger partial charge in [0.2, 0.25) is 0 Å². The van der Waals surface area contributed by atoms with Gasteiger partial charge in [-0.25, -0.2) is 0 Å². The van der Waals surface area contributed by atoms with Gasteiger partial charge < -0.3 is 10.8 Å². The molecule has 70 valence electrons. The molecule has 1 atom stereocenters. The van der Waals surface area contributed by atoms with E-state index in [0.717, 1.165) is 17.9 Å². The third-order valence-electron chi connectivity index (χ3n) is 2.52. The Morgan fingerprint density at radius 3 is 3.00 bits per heavy atom. The Kier molecular flexibility index (Phi) is 2.19. The molecule has 0 saturated heterocycles. The van der Waals surface area contributed by atoms with E-state index in [4.69, 9.17) is 5.73 Å². The summed E-state index contributed by atoms with van der Waals surface area (Å²) >= 11 is 0. The SMILES string of the molecule is NC(CC1CC1)c1ccncc1O. The first-order valence-electron chi connectivity index (χ1n) is 4.66. The normalized spacial score (nSPS) is 18.5. The number of nitrogens with two attached hydrogens (primary N) is 1. The van der Waals surface area contributed by atoms with Crippen molar-refractivity contribution in [3.63, 3.8) is 0 Å². The molecule has 1 aliphatic rings. The molecule has 3 heteroatoms. The van der Waals surface area contributed by atoms with Crippen LogP contribution in [0.5, 0.6) is 5.75 Å². The predicted octanol–water partition coefficient (Wildman–Crippen LogP) is 1.59. The summed E-state index contributed by atoms with van der Waals surface area (Å²) in [4.78, 5) is 3.82. The summed E-state index contributed by atoms with van der Waals surface area (Å²) in [7, 11) is 0. The minimum atomic E-state index is -0.0319. The van der Waals surface area contributed by atoms with Crippen LogP contribution in [-0.4, -0.2) is 10.1 Å². The molecule has 0 radical (unpaired) electrons. The summed E-state index contributed by atoms with van der Waals surface area (Å²) in [5.74, 6) is 0.998. The standard InChI is InChI=1S/C10H14N2O/c11-9(5-7-1-2-7)8-3-4-12-6-10(8)13/h3-4,6-7,9,13H,1-2,5,11H2. The zero-order valence-corrected chi connectivity index (χ0v) is 7.48. The third-order valence-corrected chi connectivity index (χ3v) is 2.52. The van der Waals surface area contributed by atoms with Gasteiger partial charge in [0.25, 0.3) is 0 Å². The van der Waals surface area contributed by atoms with Crippen LogP contribution < -0.4 is 5.73 Å². The lowest BCUT2D eigenvalue weighted by molar-refractivity contribution is 0.453. The summed E-state index contributed by atoms with van der Waals surface area (Å²) in [6, 6.07) is 1.76. The van der Waals surface area contributed by atoms with Gasteiger partial charge in [-0.2, -0.15) is 0 Å². The van der Waals surface area contributed by atoms with Gasteiger partial charge in [-0.05, 0) is 18.4 Å². The van der Waals surface area contributed by atoms with Crippen LogP contribution in [0.4, 0.5) is 0 Å². The zero-order chi connectivity index (χ0) is 9.26. The topological polar surface area (TPSA) is 59.1 Å². The number of hydrogen-bond acceptors (Lipinski definition) is 3. The van der Waals surface area contributed by atoms with Crippen LogP contribution in [0.15, 0.2) is 18.5 Å². The van der Waals surface area contributed by atoms with Crippen LogP contribution in [0, 0.1) is 5.92 Å². The third kappa shape index (κ3) is 1.98. The monoisotopic (exact) mass is 178 g/mol. The van der Waals surface area contributed by atoms with Crippen molar-refractivity contribution in [1.82, 2.24) is 4.98 Å². The Balaban J connectivity index is 2.09. The summed E-state index contributed by atoms with van der Waals surface area (Å²) in [5.41, 5.74) is 6.77. The largest absolute Gasteiger partial charge is 0.506 e. The van der Waals surface area contributed by atoms with E-state index < -0.39 is 0 Å². The van der Waals surface area contributed by atoms with Crippen LogP contribution >= 0.6 is 0 Å². The first-order valence-corrected chi connectivity index (χ1v) is 4.66. The van der Waals surface area contributed by atoms with Gasteiger partial charge in [0.1, 0.15) is 5.75 Å². The number of pyridine rings is 1. The lowest BCUT2D eigenvalue weighted by Crippen LogP contribution is -2.11. The van der Waals surface area contributed by atoms with Crippen molar-refractivity contribution in [2.75, 3.05) is 0 Å². The van der Waals surface area contributed by atoms with E-state index in [1.165, 1.54) is 19.0 Å². The second-order valence-corrected chi connectivity index (χ2v) is 3.72. The van der Waals surface area contributed by atoms with E-state index in [2.05, 4.69) is 4.98 Å². The minimum absolute atomic E-state index is 0.0319. The number of aromatic nitrogens is 1. The molecule has 1 saturated carbocycles. The molecule has 0 spiro atoms. The lowest BCUT2D eigenvalue weighted by Gasteiger charge is -2.11. The Hall–Kier alpha value is -1.09. The molecule has 3 nitrogen and oxygen atoms in total. The number of aromatic hydroxyl groups is 1. The van der Waals surface area contributed by atoms with Crippen molar-refractivity contribution in [2.24, 2.45) is 11.7 Å². The molecular formula is C10H14N2O. The first kappa shape index (κ1) is 8.51. The van der Waals surface area contributed by atoms with E-state index in [-0.39, 0.29) is 11.8 Å². The van der Waals surface area contributed by atoms with E-state index >= 15 is 0 Å².